The van der Waals surface area contributed by atoms with E-state index in [2.05, 4.69) is 133 Å². The van der Waals surface area contributed by atoms with Crippen LogP contribution in [0.25, 0.3) is 11.1 Å². The van der Waals surface area contributed by atoms with E-state index in [1.165, 1.54) is 37.9 Å². The van der Waals surface area contributed by atoms with Gasteiger partial charge in [0.25, 0.3) is 0 Å². The molecular weight excluding hydrogens is 667 g/mol. The molecule has 0 saturated carbocycles. The van der Waals surface area contributed by atoms with Crippen molar-refractivity contribution in [2.24, 2.45) is 0 Å². The van der Waals surface area contributed by atoms with E-state index < -0.39 is 16.6 Å². The first-order valence-electron chi connectivity index (χ1n) is 19.2. The summed E-state index contributed by atoms with van der Waals surface area (Å²) in [4.78, 5) is 2.57. The molecule has 1 saturated heterocycles. The zero-order valence-electron chi connectivity index (χ0n) is 32.9. The Morgan fingerprint density at radius 3 is 1.88 bits per heavy atom. The van der Waals surface area contributed by atoms with Gasteiger partial charge in [-0.25, -0.2) is 0 Å². The fourth-order valence-corrected chi connectivity index (χ4v) is 8.72. The molecular formula is C43H61NO5Si2. The second kappa shape index (κ2) is 14.7. The maximum absolute atomic E-state index is 7.05. The number of hydrogen-bond donors (Lipinski definition) is 0. The summed E-state index contributed by atoms with van der Waals surface area (Å²) in [5, 5.41) is 0.188. The molecule has 0 aliphatic carbocycles. The van der Waals surface area contributed by atoms with Crippen LogP contribution in [0.15, 0.2) is 60.7 Å². The van der Waals surface area contributed by atoms with E-state index in [1.54, 1.807) is 0 Å². The van der Waals surface area contributed by atoms with E-state index in [4.69, 9.17) is 23.1 Å². The normalized spacial score (nSPS) is 18.4. The first-order chi connectivity index (χ1) is 24.0. The summed E-state index contributed by atoms with van der Waals surface area (Å²) in [6, 6.07) is 21.3. The zero-order valence-corrected chi connectivity index (χ0v) is 34.9. The van der Waals surface area contributed by atoms with Crippen molar-refractivity contribution in [3.05, 3.63) is 77.4 Å². The van der Waals surface area contributed by atoms with Gasteiger partial charge in [-0.2, -0.15) is 0 Å². The average molecular weight is 728 g/mol. The third-order valence-electron chi connectivity index (χ3n) is 11.8. The standard InChI is InChI=1S/C43H61NO5Si2/c1-42(2,3)50(7,8)48-33-20-22-37-38(29-33)46-28-23-36-35-21-19-34(49-51(9,10)43(4,5)6)30-39(35)47-41(40(36)37)31-15-17-32(18-16-31)45-27-14-26-44-24-12-11-13-25-44/h15-22,29-30,41H,11-14,23-28H2,1-10H3/t41-/m1/s1. The summed E-state index contributed by atoms with van der Waals surface area (Å²) in [7, 11) is -4.07. The highest BCUT2D eigenvalue weighted by Crippen LogP contribution is 2.53. The molecule has 8 heteroatoms. The minimum absolute atomic E-state index is 0.0921. The smallest absolute Gasteiger partial charge is 0.250 e. The highest BCUT2D eigenvalue weighted by molar-refractivity contribution is 6.75. The van der Waals surface area contributed by atoms with Crippen LogP contribution in [0, 0.1) is 0 Å². The van der Waals surface area contributed by atoms with Gasteiger partial charge < -0.3 is 28.0 Å². The molecule has 276 valence electrons. The molecule has 0 aromatic heterocycles. The fourth-order valence-electron chi connectivity index (χ4n) is 6.68. The van der Waals surface area contributed by atoms with Gasteiger partial charge in [0.1, 0.15) is 34.9 Å². The van der Waals surface area contributed by atoms with Gasteiger partial charge in [-0.1, -0.05) is 60.1 Å². The van der Waals surface area contributed by atoms with E-state index in [-0.39, 0.29) is 16.2 Å². The molecule has 3 heterocycles. The highest BCUT2D eigenvalue weighted by atomic mass is 28.4. The van der Waals surface area contributed by atoms with Crippen molar-refractivity contribution in [1.29, 1.82) is 0 Å². The van der Waals surface area contributed by atoms with Crippen LogP contribution in [0.3, 0.4) is 0 Å². The third-order valence-corrected chi connectivity index (χ3v) is 20.6. The summed E-state index contributed by atoms with van der Waals surface area (Å²) in [6.07, 6.45) is 5.50. The van der Waals surface area contributed by atoms with Crippen LogP contribution in [0.5, 0.6) is 28.7 Å². The Labute approximate surface area is 309 Å². The van der Waals surface area contributed by atoms with Gasteiger partial charge in [-0.3, -0.25) is 0 Å². The van der Waals surface area contributed by atoms with Gasteiger partial charge in [0, 0.05) is 41.8 Å². The quantitative estimate of drug-likeness (QED) is 0.153. The van der Waals surface area contributed by atoms with Crippen molar-refractivity contribution in [3.8, 4) is 28.7 Å². The lowest BCUT2D eigenvalue weighted by atomic mass is 9.84. The molecule has 3 aromatic rings. The Kier molecular flexibility index (Phi) is 10.8. The van der Waals surface area contributed by atoms with E-state index in [0.29, 0.717) is 6.61 Å². The van der Waals surface area contributed by atoms with Crippen LogP contribution < -0.4 is 23.1 Å². The summed E-state index contributed by atoms with van der Waals surface area (Å²) >= 11 is 0. The molecule has 51 heavy (non-hydrogen) atoms. The number of fused-ring (bicyclic) bond motifs is 4. The minimum Gasteiger partial charge on any atom is -0.543 e. The summed E-state index contributed by atoms with van der Waals surface area (Å²) in [5.41, 5.74) is 5.66. The number of piperidine rings is 1. The van der Waals surface area contributed by atoms with Crippen LogP contribution in [0.2, 0.25) is 36.3 Å². The Morgan fingerprint density at radius 1 is 0.706 bits per heavy atom. The second-order valence-electron chi connectivity index (χ2n) is 17.7. The molecule has 3 aromatic carbocycles. The topological polar surface area (TPSA) is 49.4 Å². The van der Waals surface area contributed by atoms with Gasteiger partial charge in [0.05, 0.1) is 13.2 Å². The lowest BCUT2D eigenvalue weighted by molar-refractivity contribution is 0.205. The Hall–Kier alpha value is -3.21. The minimum atomic E-state index is -2.04. The molecule has 3 aliphatic heterocycles. The van der Waals surface area contributed by atoms with Crippen molar-refractivity contribution in [1.82, 2.24) is 4.90 Å². The number of benzene rings is 3. The fraction of sp³-hybridized carbons (Fsp3) is 0.535. The molecule has 6 nitrogen and oxygen atoms in total. The second-order valence-corrected chi connectivity index (χ2v) is 27.2. The molecule has 0 N–H and O–H groups in total. The van der Waals surface area contributed by atoms with Crippen LogP contribution >= 0.6 is 0 Å². The maximum atomic E-state index is 7.05. The number of likely N-dealkylation sites (tertiary alicyclic amines) is 1. The molecule has 1 atom stereocenters. The predicted octanol–water partition coefficient (Wildman–Crippen LogP) is 11.5. The number of hydrogen-bond acceptors (Lipinski definition) is 6. The molecule has 0 spiro atoms. The van der Waals surface area contributed by atoms with Crippen molar-refractivity contribution >= 4 is 27.8 Å². The maximum Gasteiger partial charge on any atom is 0.250 e. The number of nitrogens with zero attached hydrogens (tertiary/aromatic N) is 1. The summed E-state index contributed by atoms with van der Waals surface area (Å²) < 4.78 is 33.3. The Balaban J connectivity index is 1.32. The van der Waals surface area contributed by atoms with E-state index >= 15 is 0 Å². The van der Waals surface area contributed by atoms with Crippen molar-refractivity contribution in [3.63, 3.8) is 0 Å². The number of ether oxygens (including phenoxy) is 3. The molecule has 0 unspecified atom stereocenters. The molecule has 0 bridgehead atoms. The van der Waals surface area contributed by atoms with Gasteiger partial charge in [0.15, 0.2) is 0 Å². The molecule has 6 rings (SSSR count). The predicted molar refractivity (Wildman–Crippen MR) is 216 cm³/mol. The zero-order chi connectivity index (χ0) is 36.6. The Morgan fingerprint density at radius 2 is 1.27 bits per heavy atom. The largest absolute Gasteiger partial charge is 0.543 e. The average Bonchev–Trinajstić information content (AvgIpc) is 3.25. The van der Waals surface area contributed by atoms with Gasteiger partial charge in [0.2, 0.25) is 16.6 Å². The van der Waals surface area contributed by atoms with Crippen molar-refractivity contribution in [2.45, 2.75) is 116 Å². The van der Waals surface area contributed by atoms with E-state index in [0.717, 1.165) is 77.0 Å². The SMILES string of the molecule is CC(C)(C)[Si](C)(C)Oc1ccc2c(c1)O[C@H](c1ccc(OCCCN3CCCCC3)cc1)C1=C2CCOc2cc(O[Si](C)(C)C(C)(C)C)ccc21. The first kappa shape index (κ1) is 37.5. The highest BCUT2D eigenvalue weighted by Gasteiger charge is 2.41. The van der Waals surface area contributed by atoms with E-state index in [1.807, 2.05) is 0 Å². The third kappa shape index (κ3) is 8.39. The van der Waals surface area contributed by atoms with Crippen LogP contribution in [0.4, 0.5) is 0 Å². The molecule has 3 aliphatic rings. The van der Waals surface area contributed by atoms with Gasteiger partial charge >= 0.3 is 0 Å². The first-order valence-corrected chi connectivity index (χ1v) is 25.0. The van der Waals surface area contributed by atoms with Crippen LogP contribution in [-0.4, -0.2) is 54.4 Å². The molecule has 0 amide bonds. The van der Waals surface area contributed by atoms with Crippen LogP contribution in [0.1, 0.15) is 96.4 Å². The van der Waals surface area contributed by atoms with E-state index in [9.17, 15) is 0 Å². The summed E-state index contributed by atoms with van der Waals surface area (Å²) in [6.45, 7) is 27.6. The van der Waals surface area contributed by atoms with Crippen molar-refractivity contribution in [2.75, 3.05) is 32.8 Å². The number of rotatable bonds is 10. The van der Waals surface area contributed by atoms with Gasteiger partial charge in [-0.15, -0.1) is 0 Å². The van der Waals surface area contributed by atoms with Gasteiger partial charge in [-0.05, 0) is 116 Å². The lowest BCUT2D eigenvalue weighted by Crippen LogP contribution is -2.43. The molecule has 1 fully saturated rings. The Bertz CT molecular complexity index is 1710. The van der Waals surface area contributed by atoms with Crippen molar-refractivity contribution < 1.29 is 23.1 Å². The lowest BCUT2D eigenvalue weighted by Gasteiger charge is -2.37. The summed E-state index contributed by atoms with van der Waals surface area (Å²) in [5.74, 6) is 4.33. The molecule has 0 radical (unpaired) electrons. The monoisotopic (exact) mass is 727 g/mol. The van der Waals surface area contributed by atoms with Crippen LogP contribution in [-0.2, 0) is 0 Å².